The summed E-state index contributed by atoms with van der Waals surface area (Å²) in [7, 11) is 0. The van der Waals surface area contributed by atoms with Gasteiger partial charge in [-0.15, -0.1) is 0 Å². The summed E-state index contributed by atoms with van der Waals surface area (Å²) in [5.74, 6) is 0.784. The van der Waals surface area contributed by atoms with Crippen molar-refractivity contribution in [2.24, 2.45) is 0 Å². The van der Waals surface area contributed by atoms with Crippen molar-refractivity contribution in [1.29, 1.82) is 0 Å². The van der Waals surface area contributed by atoms with E-state index >= 15 is 0 Å². The zero-order chi connectivity index (χ0) is 22.1. The molecule has 0 unspecified atom stereocenters. The van der Waals surface area contributed by atoms with Gasteiger partial charge in [0.2, 0.25) is 5.88 Å². The third-order valence-electron chi connectivity index (χ3n) is 5.33. The van der Waals surface area contributed by atoms with E-state index in [1.54, 1.807) is 0 Å². The maximum atomic E-state index is 12.9. The number of hydrogen-bond acceptors (Lipinski definition) is 3. The second-order valence-corrected chi connectivity index (χ2v) is 8.33. The Labute approximate surface area is 181 Å². The van der Waals surface area contributed by atoms with E-state index < -0.39 is 11.2 Å². The number of hydrogen-bond donors (Lipinski definition) is 1. The number of nitrogens with zero attached hydrogens (tertiary/aromatic N) is 1. The number of nitrogens with one attached hydrogen (secondary N) is 1. The highest BCUT2D eigenvalue weighted by molar-refractivity contribution is 5.83. The fourth-order valence-electron chi connectivity index (χ4n) is 3.95. The van der Waals surface area contributed by atoms with Crippen LogP contribution in [0.5, 0.6) is 11.6 Å². The Balaban J connectivity index is 1.86. The van der Waals surface area contributed by atoms with Gasteiger partial charge in [0, 0.05) is 0 Å². The first-order valence-electron chi connectivity index (χ1n) is 10.4. The minimum absolute atomic E-state index is 0.117. The van der Waals surface area contributed by atoms with Gasteiger partial charge in [-0.25, -0.2) is 4.79 Å². The smallest absolute Gasteiger partial charge is 0.331 e. The summed E-state index contributed by atoms with van der Waals surface area (Å²) in [4.78, 5) is 28.0. The second-order valence-electron chi connectivity index (χ2n) is 8.33. The largest absolute Gasteiger partial charge is 0.440 e. The van der Waals surface area contributed by atoms with E-state index in [1.807, 2.05) is 70.2 Å². The van der Waals surface area contributed by atoms with Gasteiger partial charge < -0.3 is 4.74 Å². The van der Waals surface area contributed by atoms with E-state index in [0.717, 1.165) is 27.5 Å². The minimum atomic E-state index is -0.484. The standard InChI is InChI=1S/C26H26N2O3/c1-16(2)23-24(29)27-26(30)28(25(23)31-22-12-17(3)11-18(4)13-22)15-19-9-10-20-7-5-6-8-21(20)14-19/h5-14,16H,15H2,1-4H3,(H,27,29,30). The molecule has 0 aliphatic heterocycles. The molecule has 5 nitrogen and oxygen atoms in total. The summed E-state index contributed by atoms with van der Waals surface area (Å²) >= 11 is 0. The first kappa shape index (κ1) is 20.7. The van der Waals surface area contributed by atoms with Gasteiger partial charge in [0.05, 0.1) is 12.1 Å². The highest BCUT2D eigenvalue weighted by atomic mass is 16.5. The molecule has 0 amide bonds. The predicted molar refractivity (Wildman–Crippen MR) is 124 cm³/mol. The van der Waals surface area contributed by atoms with Crippen LogP contribution in [0, 0.1) is 13.8 Å². The number of H-pyrrole nitrogens is 1. The normalized spacial score (nSPS) is 11.3. The maximum absolute atomic E-state index is 12.9. The maximum Gasteiger partial charge on any atom is 0.331 e. The number of rotatable bonds is 5. The molecular formula is C26H26N2O3. The lowest BCUT2D eigenvalue weighted by Crippen LogP contribution is -2.34. The fraction of sp³-hybridized carbons (Fsp3) is 0.231. The predicted octanol–water partition coefficient (Wildman–Crippen LogP) is 5.27. The molecular weight excluding hydrogens is 388 g/mol. The lowest BCUT2D eigenvalue weighted by Gasteiger charge is -2.19. The molecule has 0 aliphatic carbocycles. The molecule has 0 bridgehead atoms. The van der Waals surface area contributed by atoms with E-state index in [2.05, 4.69) is 23.2 Å². The Morgan fingerprint density at radius 1 is 0.903 bits per heavy atom. The molecule has 4 rings (SSSR count). The van der Waals surface area contributed by atoms with E-state index in [1.165, 1.54) is 4.57 Å². The van der Waals surface area contributed by atoms with Crippen molar-refractivity contribution in [3.8, 4) is 11.6 Å². The number of benzene rings is 3. The molecule has 0 atom stereocenters. The second kappa shape index (κ2) is 8.26. The molecule has 3 aromatic carbocycles. The van der Waals surface area contributed by atoms with Gasteiger partial charge in [-0.3, -0.25) is 14.3 Å². The quantitative estimate of drug-likeness (QED) is 0.484. The van der Waals surface area contributed by atoms with Crippen LogP contribution in [0.25, 0.3) is 10.8 Å². The van der Waals surface area contributed by atoms with Gasteiger partial charge in [-0.05, 0) is 65.4 Å². The van der Waals surface area contributed by atoms with E-state index in [0.29, 0.717) is 23.7 Å². The fourth-order valence-corrected chi connectivity index (χ4v) is 3.95. The number of fused-ring (bicyclic) bond motifs is 1. The molecule has 0 saturated heterocycles. The van der Waals surface area contributed by atoms with Crippen molar-refractivity contribution in [3.05, 3.63) is 104 Å². The minimum Gasteiger partial charge on any atom is -0.440 e. The van der Waals surface area contributed by atoms with Crippen molar-refractivity contribution in [3.63, 3.8) is 0 Å². The van der Waals surface area contributed by atoms with Crippen molar-refractivity contribution >= 4 is 10.8 Å². The van der Waals surface area contributed by atoms with Crippen LogP contribution in [0.4, 0.5) is 0 Å². The molecule has 4 aromatic rings. The van der Waals surface area contributed by atoms with E-state index in [4.69, 9.17) is 4.74 Å². The number of aromatic amines is 1. The van der Waals surface area contributed by atoms with E-state index in [9.17, 15) is 9.59 Å². The molecule has 31 heavy (non-hydrogen) atoms. The van der Waals surface area contributed by atoms with Gasteiger partial charge in [-0.1, -0.05) is 56.3 Å². The number of ether oxygens (including phenoxy) is 1. The zero-order valence-electron chi connectivity index (χ0n) is 18.2. The van der Waals surface area contributed by atoms with Gasteiger partial charge in [-0.2, -0.15) is 0 Å². The van der Waals surface area contributed by atoms with Crippen LogP contribution < -0.4 is 16.0 Å². The van der Waals surface area contributed by atoms with Crippen molar-refractivity contribution < 1.29 is 4.74 Å². The lowest BCUT2D eigenvalue weighted by molar-refractivity contribution is 0.410. The number of aryl methyl sites for hydroxylation is 2. The summed E-state index contributed by atoms with van der Waals surface area (Å²) in [6, 6.07) is 20.0. The Hall–Kier alpha value is -3.60. The highest BCUT2D eigenvalue weighted by Gasteiger charge is 2.20. The molecule has 5 heteroatoms. The SMILES string of the molecule is Cc1cc(C)cc(Oc2c(C(C)C)c(=O)[nH]c(=O)n2Cc2ccc3ccccc3c2)c1. The summed E-state index contributed by atoms with van der Waals surface area (Å²) < 4.78 is 7.74. The zero-order valence-corrected chi connectivity index (χ0v) is 18.2. The van der Waals surface area contributed by atoms with Crippen molar-refractivity contribution in [2.45, 2.75) is 40.2 Å². The molecule has 0 aliphatic rings. The van der Waals surface area contributed by atoms with Gasteiger partial charge in [0.1, 0.15) is 5.75 Å². The van der Waals surface area contributed by atoms with Crippen LogP contribution in [-0.4, -0.2) is 9.55 Å². The topological polar surface area (TPSA) is 64.1 Å². The molecule has 1 aromatic heterocycles. The van der Waals surface area contributed by atoms with Gasteiger partial charge in [0.25, 0.3) is 5.56 Å². The van der Waals surface area contributed by atoms with Crippen molar-refractivity contribution in [1.82, 2.24) is 9.55 Å². The first-order chi connectivity index (χ1) is 14.8. The van der Waals surface area contributed by atoms with Crippen LogP contribution in [0.1, 0.15) is 42.0 Å². The third kappa shape index (κ3) is 4.31. The molecule has 0 spiro atoms. The van der Waals surface area contributed by atoms with Gasteiger partial charge >= 0.3 is 5.69 Å². The van der Waals surface area contributed by atoms with Crippen LogP contribution in [-0.2, 0) is 6.54 Å². The van der Waals surface area contributed by atoms with E-state index in [-0.39, 0.29) is 5.92 Å². The average Bonchev–Trinajstić information content (AvgIpc) is 2.69. The van der Waals surface area contributed by atoms with Gasteiger partial charge in [0.15, 0.2) is 0 Å². The Bertz CT molecular complexity index is 1360. The Morgan fingerprint density at radius 2 is 1.58 bits per heavy atom. The van der Waals surface area contributed by atoms with Crippen molar-refractivity contribution in [2.75, 3.05) is 0 Å². The molecule has 0 radical (unpaired) electrons. The Morgan fingerprint density at radius 3 is 2.26 bits per heavy atom. The summed E-state index contributed by atoms with van der Waals surface area (Å²) in [6.07, 6.45) is 0. The monoisotopic (exact) mass is 414 g/mol. The highest BCUT2D eigenvalue weighted by Crippen LogP contribution is 2.29. The number of aromatic nitrogens is 2. The Kier molecular flexibility index (Phi) is 5.51. The molecule has 0 saturated carbocycles. The molecule has 158 valence electrons. The first-order valence-corrected chi connectivity index (χ1v) is 10.4. The third-order valence-corrected chi connectivity index (χ3v) is 5.33. The molecule has 1 N–H and O–H groups in total. The van der Waals surface area contributed by atoms with Crippen LogP contribution in [0.15, 0.2) is 70.3 Å². The average molecular weight is 415 g/mol. The van der Waals surface area contributed by atoms with Crippen LogP contribution in [0.3, 0.4) is 0 Å². The molecule has 0 fully saturated rings. The lowest BCUT2D eigenvalue weighted by atomic mass is 10.1. The molecule has 1 heterocycles. The summed E-state index contributed by atoms with van der Waals surface area (Å²) in [6.45, 7) is 8.11. The summed E-state index contributed by atoms with van der Waals surface area (Å²) in [5, 5.41) is 2.23. The summed E-state index contributed by atoms with van der Waals surface area (Å²) in [5.41, 5.74) is 2.62. The van der Waals surface area contributed by atoms with Crippen LogP contribution >= 0.6 is 0 Å². The van der Waals surface area contributed by atoms with Crippen LogP contribution in [0.2, 0.25) is 0 Å².